The van der Waals surface area contributed by atoms with E-state index >= 15 is 0 Å². The van der Waals surface area contributed by atoms with Crippen molar-refractivity contribution < 1.29 is 18.9 Å². The molecular weight excluding hydrogens is 172 g/mol. The lowest BCUT2D eigenvalue weighted by atomic mass is 10.1. The molecule has 4 heteroatoms. The fourth-order valence-electron chi connectivity index (χ4n) is 1.97. The van der Waals surface area contributed by atoms with Crippen LogP contribution in [0.5, 0.6) is 0 Å². The van der Waals surface area contributed by atoms with Crippen molar-refractivity contribution in [1.29, 1.82) is 0 Å². The van der Waals surface area contributed by atoms with Crippen LogP contribution in [0.2, 0.25) is 0 Å². The maximum Gasteiger partial charge on any atom is 0.112 e. The smallest absolute Gasteiger partial charge is 0.112 e. The van der Waals surface area contributed by atoms with Crippen molar-refractivity contribution in [3.8, 4) is 0 Å². The number of hydrogen-bond acceptors (Lipinski definition) is 4. The van der Waals surface area contributed by atoms with Gasteiger partial charge in [-0.1, -0.05) is 0 Å². The molecule has 0 aliphatic carbocycles. The summed E-state index contributed by atoms with van der Waals surface area (Å²) in [7, 11) is 0. The van der Waals surface area contributed by atoms with Crippen molar-refractivity contribution in [1.82, 2.24) is 0 Å². The molecule has 0 spiro atoms. The minimum absolute atomic E-state index is 0.136. The SMILES string of the molecule is C1C[C@H]2OCC(OCC3CO3)[C@H]2O1. The molecule has 3 aliphatic rings. The quantitative estimate of drug-likeness (QED) is 0.580. The van der Waals surface area contributed by atoms with Crippen molar-refractivity contribution in [3.63, 3.8) is 0 Å². The Morgan fingerprint density at radius 2 is 2.08 bits per heavy atom. The molecule has 74 valence electrons. The van der Waals surface area contributed by atoms with E-state index in [-0.39, 0.29) is 18.3 Å². The second-order valence-corrected chi connectivity index (χ2v) is 3.82. The standard InChI is InChI=1S/C9H14O4/c1-2-10-9-7(1)13-5-8(9)12-4-6-3-11-6/h6-9H,1-5H2/t6?,7-,8?,9+/m1/s1. The van der Waals surface area contributed by atoms with Gasteiger partial charge in [0.1, 0.15) is 18.3 Å². The maximum atomic E-state index is 5.67. The minimum atomic E-state index is 0.136. The number of fused-ring (bicyclic) bond motifs is 1. The van der Waals surface area contributed by atoms with Gasteiger partial charge in [0.15, 0.2) is 0 Å². The Bertz CT molecular complexity index is 192. The second kappa shape index (κ2) is 3.20. The lowest BCUT2D eigenvalue weighted by Crippen LogP contribution is -2.31. The fraction of sp³-hybridized carbons (Fsp3) is 1.00. The van der Waals surface area contributed by atoms with E-state index in [1.807, 2.05) is 0 Å². The van der Waals surface area contributed by atoms with Gasteiger partial charge in [-0.15, -0.1) is 0 Å². The van der Waals surface area contributed by atoms with Gasteiger partial charge in [-0.2, -0.15) is 0 Å². The number of epoxide rings is 1. The van der Waals surface area contributed by atoms with Crippen molar-refractivity contribution >= 4 is 0 Å². The summed E-state index contributed by atoms with van der Waals surface area (Å²) < 4.78 is 21.8. The zero-order valence-corrected chi connectivity index (χ0v) is 7.48. The van der Waals surface area contributed by atoms with Crippen LogP contribution in [-0.4, -0.2) is 50.8 Å². The van der Waals surface area contributed by atoms with Gasteiger partial charge < -0.3 is 18.9 Å². The molecule has 4 nitrogen and oxygen atoms in total. The van der Waals surface area contributed by atoms with Gasteiger partial charge in [-0.05, 0) is 6.42 Å². The van der Waals surface area contributed by atoms with Gasteiger partial charge in [0.2, 0.25) is 0 Å². The van der Waals surface area contributed by atoms with E-state index in [9.17, 15) is 0 Å². The molecule has 13 heavy (non-hydrogen) atoms. The van der Waals surface area contributed by atoms with Crippen LogP contribution >= 0.6 is 0 Å². The molecule has 3 heterocycles. The largest absolute Gasteiger partial charge is 0.373 e. The predicted octanol–water partition coefficient (Wildman–Crippen LogP) is -0.0419. The molecule has 3 fully saturated rings. The van der Waals surface area contributed by atoms with Crippen LogP contribution in [0.1, 0.15) is 6.42 Å². The average Bonchev–Trinajstić information content (AvgIpc) is 2.72. The van der Waals surface area contributed by atoms with Crippen LogP contribution in [0.4, 0.5) is 0 Å². The minimum Gasteiger partial charge on any atom is -0.373 e. The van der Waals surface area contributed by atoms with E-state index in [1.165, 1.54) is 0 Å². The normalized spacial score (nSPS) is 48.0. The Morgan fingerprint density at radius 1 is 1.15 bits per heavy atom. The van der Waals surface area contributed by atoms with Gasteiger partial charge in [0.05, 0.1) is 25.9 Å². The number of rotatable bonds is 3. The summed E-state index contributed by atoms with van der Waals surface area (Å²) in [6, 6.07) is 0. The highest BCUT2D eigenvalue weighted by molar-refractivity contribution is 4.90. The van der Waals surface area contributed by atoms with E-state index < -0.39 is 0 Å². The van der Waals surface area contributed by atoms with Crippen LogP contribution in [0.3, 0.4) is 0 Å². The second-order valence-electron chi connectivity index (χ2n) is 3.82. The van der Waals surface area contributed by atoms with Crippen LogP contribution < -0.4 is 0 Å². The van der Waals surface area contributed by atoms with Crippen molar-refractivity contribution in [3.05, 3.63) is 0 Å². The summed E-state index contributed by atoms with van der Waals surface area (Å²) in [4.78, 5) is 0. The van der Waals surface area contributed by atoms with Crippen LogP contribution in [0.25, 0.3) is 0 Å². The first-order chi connectivity index (χ1) is 6.43. The Kier molecular flexibility index (Phi) is 2.01. The first kappa shape index (κ1) is 8.17. The van der Waals surface area contributed by atoms with Gasteiger partial charge in [0.25, 0.3) is 0 Å². The molecule has 0 amide bonds. The zero-order valence-electron chi connectivity index (χ0n) is 7.48. The highest BCUT2D eigenvalue weighted by Gasteiger charge is 2.43. The summed E-state index contributed by atoms with van der Waals surface area (Å²) >= 11 is 0. The molecule has 0 radical (unpaired) electrons. The molecular formula is C9H14O4. The Hall–Kier alpha value is -0.160. The third-order valence-corrected chi connectivity index (χ3v) is 2.82. The molecule has 0 aromatic heterocycles. The summed E-state index contributed by atoms with van der Waals surface area (Å²) in [5.41, 5.74) is 0. The van der Waals surface area contributed by atoms with Crippen LogP contribution in [-0.2, 0) is 18.9 Å². The lowest BCUT2D eigenvalue weighted by molar-refractivity contribution is -0.0350. The fourth-order valence-corrected chi connectivity index (χ4v) is 1.97. The third kappa shape index (κ3) is 1.59. The predicted molar refractivity (Wildman–Crippen MR) is 43.6 cm³/mol. The first-order valence-corrected chi connectivity index (χ1v) is 4.90. The first-order valence-electron chi connectivity index (χ1n) is 4.90. The van der Waals surface area contributed by atoms with Gasteiger partial charge in [0, 0.05) is 6.61 Å². The van der Waals surface area contributed by atoms with E-state index in [0.29, 0.717) is 19.3 Å². The summed E-state index contributed by atoms with van der Waals surface area (Å²) in [6.07, 6.45) is 1.95. The summed E-state index contributed by atoms with van der Waals surface area (Å²) in [5, 5.41) is 0. The topological polar surface area (TPSA) is 40.2 Å². The van der Waals surface area contributed by atoms with Gasteiger partial charge in [-0.3, -0.25) is 0 Å². The van der Waals surface area contributed by atoms with Crippen molar-refractivity contribution in [2.24, 2.45) is 0 Å². The van der Waals surface area contributed by atoms with Gasteiger partial charge in [-0.25, -0.2) is 0 Å². The zero-order chi connectivity index (χ0) is 8.67. The molecule has 0 aromatic rings. The van der Waals surface area contributed by atoms with E-state index in [0.717, 1.165) is 19.6 Å². The van der Waals surface area contributed by atoms with Gasteiger partial charge >= 0.3 is 0 Å². The van der Waals surface area contributed by atoms with Crippen molar-refractivity contribution in [2.75, 3.05) is 26.4 Å². The van der Waals surface area contributed by atoms with Crippen LogP contribution in [0, 0.1) is 0 Å². The maximum absolute atomic E-state index is 5.67. The highest BCUT2D eigenvalue weighted by Crippen LogP contribution is 2.28. The molecule has 2 unspecified atom stereocenters. The Labute approximate surface area is 77.1 Å². The molecule has 0 N–H and O–H groups in total. The average molecular weight is 186 g/mol. The molecule has 0 bridgehead atoms. The molecule has 3 saturated heterocycles. The summed E-state index contributed by atoms with van der Waals surface area (Å²) in [6.45, 7) is 3.04. The summed E-state index contributed by atoms with van der Waals surface area (Å²) in [5.74, 6) is 0. The van der Waals surface area contributed by atoms with Crippen LogP contribution in [0.15, 0.2) is 0 Å². The Balaban J connectivity index is 1.52. The molecule has 4 atom stereocenters. The Morgan fingerprint density at radius 3 is 2.92 bits per heavy atom. The molecule has 0 aromatic carbocycles. The lowest BCUT2D eigenvalue weighted by Gasteiger charge is -2.15. The van der Waals surface area contributed by atoms with Crippen molar-refractivity contribution in [2.45, 2.75) is 30.8 Å². The third-order valence-electron chi connectivity index (χ3n) is 2.82. The molecule has 0 saturated carbocycles. The molecule has 3 rings (SSSR count). The highest BCUT2D eigenvalue weighted by atomic mass is 16.6. The monoisotopic (exact) mass is 186 g/mol. The number of hydrogen-bond donors (Lipinski definition) is 0. The van der Waals surface area contributed by atoms with E-state index in [2.05, 4.69) is 0 Å². The number of ether oxygens (including phenoxy) is 4. The van der Waals surface area contributed by atoms with E-state index in [1.54, 1.807) is 0 Å². The van der Waals surface area contributed by atoms with E-state index in [4.69, 9.17) is 18.9 Å². The molecule has 3 aliphatic heterocycles.